The maximum atomic E-state index is 13.8. The Kier molecular flexibility index (Phi) is 4.21. The minimum atomic E-state index is -1.41. The molecular weight excluding hydrogens is 234 g/mol. The summed E-state index contributed by atoms with van der Waals surface area (Å²) in [5.74, 6) is -0.489. The Morgan fingerprint density at radius 2 is 1.78 bits per heavy atom. The highest BCUT2D eigenvalue weighted by Gasteiger charge is 2.40. The number of benzene rings is 1. The Bertz CT molecular complexity index is 427. The van der Waals surface area contributed by atoms with Crippen LogP contribution < -0.4 is 5.46 Å². The Labute approximate surface area is 108 Å². The molecule has 0 heterocycles. The fourth-order valence-corrected chi connectivity index (χ4v) is 1.35. The zero-order chi connectivity index (χ0) is 14.1. The van der Waals surface area contributed by atoms with Gasteiger partial charge in [0.2, 0.25) is 0 Å². The molecule has 0 aromatic heterocycles. The second kappa shape index (κ2) is 5.00. The first-order valence-electron chi connectivity index (χ1n) is 5.89. The first-order chi connectivity index (χ1) is 8.06. The van der Waals surface area contributed by atoms with Gasteiger partial charge in [-0.2, -0.15) is 0 Å². The number of halogens is 1. The van der Waals surface area contributed by atoms with Crippen LogP contribution in [-0.2, 0) is 4.65 Å². The van der Waals surface area contributed by atoms with Gasteiger partial charge in [-0.25, -0.2) is 4.39 Å². The summed E-state index contributed by atoms with van der Waals surface area (Å²) in [7, 11) is -1.41. The van der Waals surface area contributed by atoms with E-state index in [2.05, 4.69) is 0 Å². The van der Waals surface area contributed by atoms with E-state index in [4.69, 9.17) is 4.65 Å². The molecule has 3 nitrogen and oxygen atoms in total. The average molecular weight is 254 g/mol. The van der Waals surface area contributed by atoms with Gasteiger partial charge < -0.3 is 14.8 Å². The zero-order valence-electron chi connectivity index (χ0n) is 11.5. The largest absolute Gasteiger partial charge is 0.494 e. The summed E-state index contributed by atoms with van der Waals surface area (Å²) < 4.78 is 19.2. The summed E-state index contributed by atoms with van der Waals surface area (Å²) in [6, 6.07) is 4.73. The summed E-state index contributed by atoms with van der Waals surface area (Å²) in [6.45, 7) is 8.05. The number of hydrogen-bond acceptors (Lipinski definition) is 3. The van der Waals surface area contributed by atoms with Gasteiger partial charge in [-0.15, -0.1) is 0 Å². The predicted octanol–water partition coefficient (Wildman–Crippen LogP) is 1.39. The predicted molar refractivity (Wildman–Crippen MR) is 70.2 cm³/mol. The molecule has 0 saturated heterocycles. The quantitative estimate of drug-likeness (QED) is 0.798. The van der Waals surface area contributed by atoms with Gasteiger partial charge in [0.25, 0.3) is 0 Å². The molecule has 100 valence electrons. The molecule has 0 atom stereocenters. The summed E-state index contributed by atoms with van der Waals surface area (Å²) in [5, 5.41) is 19.9. The lowest BCUT2D eigenvalue weighted by molar-refractivity contribution is -0.0983. The minimum absolute atomic E-state index is 0.0762. The van der Waals surface area contributed by atoms with Gasteiger partial charge in [-0.3, -0.25) is 0 Å². The molecular formula is C13H20BFO3. The Hall–Kier alpha value is -0.905. The van der Waals surface area contributed by atoms with Crippen LogP contribution in [0, 0.1) is 12.7 Å². The third-order valence-electron chi connectivity index (χ3n) is 3.37. The molecule has 0 fully saturated rings. The van der Waals surface area contributed by atoms with Crippen LogP contribution in [0.1, 0.15) is 33.3 Å². The second-order valence-corrected chi connectivity index (χ2v) is 5.52. The summed E-state index contributed by atoms with van der Waals surface area (Å²) in [6.07, 6.45) is 0. The smallest absolute Gasteiger partial charge is 0.423 e. The summed E-state index contributed by atoms with van der Waals surface area (Å²) in [4.78, 5) is 0. The fourth-order valence-electron chi connectivity index (χ4n) is 1.35. The molecule has 0 aliphatic carbocycles. The van der Waals surface area contributed by atoms with E-state index >= 15 is 0 Å². The number of rotatable bonds is 4. The molecule has 2 N–H and O–H groups in total. The summed E-state index contributed by atoms with van der Waals surface area (Å²) >= 11 is 0. The number of aryl methyl sites for hydroxylation is 1. The lowest BCUT2D eigenvalue weighted by atomic mass is 9.75. The Morgan fingerprint density at radius 3 is 2.28 bits per heavy atom. The molecule has 0 saturated carbocycles. The van der Waals surface area contributed by atoms with Crippen molar-refractivity contribution in [2.24, 2.45) is 0 Å². The SMILES string of the molecule is Cc1cccc(B(O)OC(C)(C)C(C)(C)O)c1F. The topological polar surface area (TPSA) is 49.7 Å². The van der Waals surface area contributed by atoms with Gasteiger partial charge in [-0.1, -0.05) is 18.2 Å². The van der Waals surface area contributed by atoms with Crippen LogP contribution in [0.25, 0.3) is 0 Å². The molecule has 18 heavy (non-hydrogen) atoms. The molecule has 1 aromatic carbocycles. The van der Waals surface area contributed by atoms with Gasteiger partial charge in [0.1, 0.15) is 5.82 Å². The van der Waals surface area contributed by atoms with Crippen LogP contribution in [0.3, 0.4) is 0 Å². The van der Waals surface area contributed by atoms with E-state index in [9.17, 15) is 14.5 Å². The molecule has 0 unspecified atom stereocenters. The average Bonchev–Trinajstić information content (AvgIpc) is 2.19. The molecule has 0 bridgehead atoms. The van der Waals surface area contributed by atoms with Crippen LogP contribution in [0.15, 0.2) is 18.2 Å². The van der Waals surface area contributed by atoms with E-state index in [0.29, 0.717) is 5.56 Å². The molecule has 0 amide bonds. The van der Waals surface area contributed by atoms with Crippen molar-refractivity contribution in [1.82, 2.24) is 0 Å². The van der Waals surface area contributed by atoms with E-state index in [1.165, 1.54) is 6.07 Å². The van der Waals surface area contributed by atoms with Gasteiger partial charge in [0, 0.05) is 5.46 Å². The monoisotopic (exact) mass is 254 g/mol. The van der Waals surface area contributed by atoms with Crippen LogP contribution in [-0.4, -0.2) is 28.5 Å². The van der Waals surface area contributed by atoms with Gasteiger partial charge in [-0.05, 0) is 40.2 Å². The third kappa shape index (κ3) is 3.10. The van der Waals surface area contributed by atoms with E-state index < -0.39 is 24.1 Å². The summed E-state index contributed by atoms with van der Waals surface area (Å²) in [5.41, 5.74) is -1.65. The van der Waals surface area contributed by atoms with Crippen molar-refractivity contribution in [1.29, 1.82) is 0 Å². The molecule has 0 spiro atoms. The lowest BCUT2D eigenvalue weighted by Gasteiger charge is -2.38. The standard InChI is InChI=1S/C13H20BFO3/c1-9-7-6-8-10(11(9)15)14(17)18-13(4,5)12(2,3)16/h6-8,16-17H,1-5H3. The normalized spacial score (nSPS) is 12.7. The Balaban J connectivity index is 2.96. The second-order valence-electron chi connectivity index (χ2n) is 5.52. The van der Waals surface area contributed by atoms with Crippen molar-refractivity contribution in [2.75, 3.05) is 0 Å². The van der Waals surface area contributed by atoms with Gasteiger partial charge in [0.15, 0.2) is 0 Å². The molecule has 0 aliphatic rings. The van der Waals surface area contributed by atoms with Gasteiger partial charge >= 0.3 is 7.12 Å². The van der Waals surface area contributed by atoms with Crippen LogP contribution in [0.5, 0.6) is 0 Å². The number of hydrogen-bond donors (Lipinski definition) is 2. The molecule has 5 heteroatoms. The molecule has 1 aromatic rings. The third-order valence-corrected chi connectivity index (χ3v) is 3.37. The first-order valence-corrected chi connectivity index (χ1v) is 5.89. The highest BCUT2D eigenvalue weighted by molar-refractivity contribution is 6.60. The van der Waals surface area contributed by atoms with Crippen LogP contribution >= 0.6 is 0 Å². The first kappa shape index (κ1) is 15.2. The van der Waals surface area contributed by atoms with Gasteiger partial charge in [0.05, 0.1) is 11.2 Å². The fraction of sp³-hybridized carbons (Fsp3) is 0.538. The van der Waals surface area contributed by atoms with Crippen molar-refractivity contribution >= 4 is 12.6 Å². The van der Waals surface area contributed by atoms with E-state index in [1.54, 1.807) is 46.8 Å². The van der Waals surface area contributed by atoms with Crippen molar-refractivity contribution < 1.29 is 19.2 Å². The van der Waals surface area contributed by atoms with Crippen LogP contribution in [0.4, 0.5) is 4.39 Å². The maximum Gasteiger partial charge on any atom is 0.494 e. The molecule has 1 rings (SSSR count). The highest BCUT2D eigenvalue weighted by Crippen LogP contribution is 2.25. The zero-order valence-corrected chi connectivity index (χ0v) is 11.5. The van der Waals surface area contributed by atoms with Crippen molar-refractivity contribution in [3.63, 3.8) is 0 Å². The number of aliphatic hydroxyl groups is 1. The van der Waals surface area contributed by atoms with E-state index in [-0.39, 0.29) is 5.46 Å². The maximum absolute atomic E-state index is 13.8. The van der Waals surface area contributed by atoms with E-state index in [0.717, 1.165) is 0 Å². The van der Waals surface area contributed by atoms with Crippen molar-refractivity contribution in [3.8, 4) is 0 Å². The van der Waals surface area contributed by atoms with Crippen molar-refractivity contribution in [2.45, 2.75) is 45.8 Å². The van der Waals surface area contributed by atoms with Crippen molar-refractivity contribution in [3.05, 3.63) is 29.6 Å². The Morgan fingerprint density at radius 1 is 1.22 bits per heavy atom. The van der Waals surface area contributed by atoms with E-state index in [1.807, 2.05) is 0 Å². The lowest BCUT2D eigenvalue weighted by Crippen LogP contribution is -2.53. The molecule has 0 aliphatic heterocycles. The molecule has 0 radical (unpaired) electrons. The highest BCUT2D eigenvalue weighted by atomic mass is 19.1. The minimum Gasteiger partial charge on any atom is -0.423 e. The van der Waals surface area contributed by atoms with Crippen LogP contribution in [0.2, 0.25) is 0 Å².